The van der Waals surface area contributed by atoms with E-state index in [-0.39, 0.29) is 6.61 Å². The molecule has 0 aliphatic heterocycles. The Morgan fingerprint density at radius 3 is 2.29 bits per heavy atom. The molecule has 1 N–H and O–H groups in total. The fourth-order valence-electron chi connectivity index (χ4n) is 1.66. The minimum Gasteiger partial charge on any atom is -0.392 e. The average Bonchev–Trinajstić information content (AvgIpc) is 2.24. The van der Waals surface area contributed by atoms with Crippen LogP contribution in [-0.2, 0) is 0 Å². The average molecular weight is 236 g/mol. The molecule has 0 aromatic heterocycles. The number of aliphatic hydroxyl groups is 1. The monoisotopic (exact) mass is 236 g/mol. The van der Waals surface area contributed by atoms with Crippen molar-refractivity contribution in [1.29, 1.82) is 0 Å². The quantitative estimate of drug-likeness (QED) is 0.480. The molecule has 0 bridgehead atoms. The van der Waals surface area contributed by atoms with Crippen molar-refractivity contribution in [3.8, 4) is 0 Å². The second kappa shape index (κ2) is 10.3. The number of aliphatic hydroxyl groups excluding tert-OH is 1. The molecule has 98 valence electrons. The van der Waals surface area contributed by atoms with Crippen molar-refractivity contribution in [2.75, 3.05) is 6.61 Å². The Morgan fingerprint density at radius 1 is 1.06 bits per heavy atom. The van der Waals surface area contributed by atoms with Gasteiger partial charge in [0.25, 0.3) is 0 Å². The van der Waals surface area contributed by atoms with Gasteiger partial charge in [-0.3, -0.25) is 0 Å². The predicted octanol–water partition coefficient (Wildman–Crippen LogP) is 4.64. The summed E-state index contributed by atoms with van der Waals surface area (Å²) in [5, 5.41) is 8.71. The first-order valence-corrected chi connectivity index (χ1v) is 6.63. The van der Waals surface area contributed by atoms with Gasteiger partial charge in [-0.1, -0.05) is 42.4 Å². The van der Waals surface area contributed by atoms with Crippen LogP contribution in [0, 0.1) is 5.92 Å². The lowest BCUT2D eigenvalue weighted by molar-refractivity contribution is 0.342. The van der Waals surface area contributed by atoms with Crippen molar-refractivity contribution in [2.45, 2.75) is 53.4 Å². The number of rotatable bonds is 8. The lowest BCUT2D eigenvalue weighted by atomic mass is 9.99. The van der Waals surface area contributed by atoms with E-state index in [1.54, 1.807) is 0 Å². The van der Waals surface area contributed by atoms with Crippen LogP contribution in [-0.4, -0.2) is 11.7 Å². The van der Waals surface area contributed by atoms with Gasteiger partial charge in [-0.05, 0) is 52.4 Å². The number of hydrogen-bond acceptors (Lipinski definition) is 1. The van der Waals surface area contributed by atoms with Gasteiger partial charge in [-0.25, -0.2) is 0 Å². The van der Waals surface area contributed by atoms with Crippen LogP contribution < -0.4 is 0 Å². The molecule has 0 saturated heterocycles. The summed E-state index contributed by atoms with van der Waals surface area (Å²) in [5.41, 5.74) is 2.56. The van der Waals surface area contributed by atoms with Gasteiger partial charge >= 0.3 is 0 Å². The van der Waals surface area contributed by atoms with Crippen LogP contribution in [0.1, 0.15) is 53.4 Å². The van der Waals surface area contributed by atoms with Gasteiger partial charge in [-0.2, -0.15) is 0 Å². The molecule has 0 heterocycles. The maximum absolute atomic E-state index is 8.71. The van der Waals surface area contributed by atoms with E-state index >= 15 is 0 Å². The largest absolute Gasteiger partial charge is 0.392 e. The number of hydrogen-bond donors (Lipinski definition) is 1. The molecule has 0 saturated carbocycles. The predicted molar refractivity (Wildman–Crippen MR) is 77.0 cm³/mol. The van der Waals surface area contributed by atoms with E-state index in [1.807, 2.05) is 13.0 Å². The summed E-state index contributed by atoms with van der Waals surface area (Å²) in [6.45, 7) is 8.79. The third-order valence-corrected chi connectivity index (χ3v) is 2.83. The lowest BCUT2D eigenvalue weighted by Crippen LogP contribution is -1.92. The second-order valence-electron chi connectivity index (χ2n) is 5.07. The smallest absolute Gasteiger partial charge is 0.0617 e. The topological polar surface area (TPSA) is 20.2 Å². The molecule has 1 unspecified atom stereocenters. The van der Waals surface area contributed by atoms with Crippen LogP contribution in [0.3, 0.4) is 0 Å². The highest BCUT2D eigenvalue weighted by molar-refractivity contribution is 5.15. The van der Waals surface area contributed by atoms with Crippen LogP contribution in [0.25, 0.3) is 0 Å². The van der Waals surface area contributed by atoms with Gasteiger partial charge in [-0.15, -0.1) is 0 Å². The molecule has 0 aliphatic rings. The van der Waals surface area contributed by atoms with Crippen molar-refractivity contribution < 1.29 is 5.11 Å². The molecule has 17 heavy (non-hydrogen) atoms. The van der Waals surface area contributed by atoms with E-state index in [1.165, 1.54) is 24.8 Å². The summed E-state index contributed by atoms with van der Waals surface area (Å²) >= 11 is 0. The Bertz CT molecular complexity index is 267. The van der Waals surface area contributed by atoms with Crippen molar-refractivity contribution in [3.63, 3.8) is 0 Å². The Balaban J connectivity index is 3.67. The zero-order chi connectivity index (χ0) is 13.1. The maximum Gasteiger partial charge on any atom is 0.0617 e. The van der Waals surface area contributed by atoms with Crippen LogP contribution in [0.15, 0.2) is 35.5 Å². The summed E-state index contributed by atoms with van der Waals surface area (Å²) < 4.78 is 0. The van der Waals surface area contributed by atoms with Crippen LogP contribution >= 0.6 is 0 Å². The molecule has 0 radical (unpaired) electrons. The summed E-state index contributed by atoms with van der Waals surface area (Å²) in [6.07, 6.45) is 13.3. The molecular weight excluding hydrogens is 208 g/mol. The highest BCUT2D eigenvalue weighted by atomic mass is 16.2. The van der Waals surface area contributed by atoms with Crippen molar-refractivity contribution in [2.24, 2.45) is 5.92 Å². The summed E-state index contributed by atoms with van der Waals surface area (Å²) in [7, 11) is 0. The summed E-state index contributed by atoms with van der Waals surface area (Å²) in [6, 6.07) is 0. The molecule has 0 aromatic carbocycles. The molecule has 0 aromatic rings. The van der Waals surface area contributed by atoms with Crippen molar-refractivity contribution >= 4 is 0 Å². The first kappa shape index (κ1) is 16.2. The van der Waals surface area contributed by atoms with E-state index in [0.29, 0.717) is 0 Å². The van der Waals surface area contributed by atoms with Gasteiger partial charge in [0, 0.05) is 0 Å². The lowest BCUT2D eigenvalue weighted by Gasteiger charge is -2.07. The molecule has 1 nitrogen and oxygen atoms in total. The van der Waals surface area contributed by atoms with Gasteiger partial charge in [0.2, 0.25) is 0 Å². The molecule has 0 spiro atoms. The third kappa shape index (κ3) is 11.4. The summed E-state index contributed by atoms with van der Waals surface area (Å²) in [4.78, 5) is 0. The fourth-order valence-corrected chi connectivity index (χ4v) is 1.66. The normalized spacial score (nSPS) is 14.1. The fraction of sp³-hybridized carbons (Fsp3) is 0.625. The first-order valence-electron chi connectivity index (χ1n) is 6.63. The van der Waals surface area contributed by atoms with Gasteiger partial charge in [0.05, 0.1) is 6.61 Å². The van der Waals surface area contributed by atoms with Crippen molar-refractivity contribution in [3.05, 3.63) is 35.5 Å². The van der Waals surface area contributed by atoms with Crippen LogP contribution in [0.5, 0.6) is 0 Å². The SMILES string of the molecule is CC(C)=CCCC(C)CCC=CC(C)=CCO. The minimum atomic E-state index is 0.134. The minimum absolute atomic E-state index is 0.134. The van der Waals surface area contributed by atoms with Crippen LogP contribution in [0.4, 0.5) is 0 Å². The molecule has 1 atom stereocenters. The Morgan fingerprint density at radius 2 is 1.71 bits per heavy atom. The summed E-state index contributed by atoms with van der Waals surface area (Å²) in [5.74, 6) is 0.789. The molecule has 0 amide bonds. The third-order valence-electron chi connectivity index (χ3n) is 2.83. The van der Waals surface area contributed by atoms with E-state index in [9.17, 15) is 0 Å². The maximum atomic E-state index is 8.71. The second-order valence-corrected chi connectivity index (χ2v) is 5.07. The highest BCUT2D eigenvalue weighted by Gasteiger charge is 1.98. The number of allylic oxidation sites excluding steroid dienone is 5. The zero-order valence-electron chi connectivity index (χ0n) is 11.9. The van der Waals surface area contributed by atoms with Gasteiger partial charge < -0.3 is 5.11 Å². The van der Waals surface area contributed by atoms with Crippen LogP contribution in [0.2, 0.25) is 0 Å². The Hall–Kier alpha value is -0.820. The zero-order valence-corrected chi connectivity index (χ0v) is 11.9. The van der Waals surface area contributed by atoms with Crippen molar-refractivity contribution in [1.82, 2.24) is 0 Å². The Labute approximate surface area is 107 Å². The van der Waals surface area contributed by atoms with E-state index in [4.69, 9.17) is 5.11 Å². The molecule has 0 fully saturated rings. The van der Waals surface area contributed by atoms with Gasteiger partial charge in [0.15, 0.2) is 0 Å². The molecule has 0 aliphatic carbocycles. The first-order chi connectivity index (χ1) is 8.06. The molecule has 1 heteroatoms. The Kier molecular flexibility index (Phi) is 9.84. The van der Waals surface area contributed by atoms with E-state index in [2.05, 4.69) is 39.0 Å². The van der Waals surface area contributed by atoms with E-state index in [0.717, 1.165) is 17.9 Å². The highest BCUT2D eigenvalue weighted by Crippen LogP contribution is 2.14. The van der Waals surface area contributed by atoms with E-state index < -0.39 is 0 Å². The van der Waals surface area contributed by atoms with Gasteiger partial charge in [0.1, 0.15) is 0 Å². The molecular formula is C16H28O. The standard InChI is InChI=1S/C16H28O/c1-14(2)8-7-11-15(3)9-5-6-10-16(4)12-13-17/h6,8,10,12,15,17H,5,7,9,11,13H2,1-4H3. The molecule has 0 rings (SSSR count).